The van der Waals surface area contributed by atoms with E-state index in [1.54, 1.807) is 6.07 Å². The minimum Gasteiger partial charge on any atom is -0.459 e. The van der Waals surface area contributed by atoms with Crippen LogP contribution in [0.5, 0.6) is 0 Å². The Bertz CT molecular complexity index is 824. The summed E-state index contributed by atoms with van der Waals surface area (Å²) in [4.78, 5) is 28.0. The van der Waals surface area contributed by atoms with Crippen molar-refractivity contribution >= 4 is 34.6 Å². The molecule has 0 radical (unpaired) electrons. The Hall–Kier alpha value is -2.54. The number of nitrogens with one attached hydrogen (secondary N) is 1. The zero-order chi connectivity index (χ0) is 15.5. The summed E-state index contributed by atoms with van der Waals surface area (Å²) >= 11 is 1.28. The van der Waals surface area contributed by atoms with Gasteiger partial charge in [0.1, 0.15) is 0 Å². The maximum atomic E-state index is 11.8. The lowest BCUT2D eigenvalue weighted by Crippen LogP contribution is -2.31. The van der Waals surface area contributed by atoms with E-state index in [9.17, 15) is 9.59 Å². The van der Waals surface area contributed by atoms with Crippen molar-refractivity contribution in [3.05, 3.63) is 48.4 Å². The third-order valence-electron chi connectivity index (χ3n) is 3.08. The molecule has 2 heterocycles. The fourth-order valence-corrected chi connectivity index (χ4v) is 2.80. The zero-order valence-corrected chi connectivity index (χ0v) is 12.6. The van der Waals surface area contributed by atoms with Crippen LogP contribution in [-0.4, -0.2) is 27.1 Å². The van der Waals surface area contributed by atoms with Crippen molar-refractivity contribution < 1.29 is 14.0 Å². The van der Waals surface area contributed by atoms with Gasteiger partial charge in [0.15, 0.2) is 10.9 Å². The van der Waals surface area contributed by atoms with Gasteiger partial charge in [0.25, 0.3) is 5.91 Å². The molecule has 0 saturated heterocycles. The number of nitrogens with zero attached hydrogens (tertiary/aromatic N) is 2. The van der Waals surface area contributed by atoms with Gasteiger partial charge in [0.05, 0.1) is 23.0 Å². The van der Waals surface area contributed by atoms with E-state index in [0.29, 0.717) is 0 Å². The van der Waals surface area contributed by atoms with Crippen molar-refractivity contribution in [1.29, 1.82) is 0 Å². The molecular formula is C15H13N3O3S. The Morgan fingerprint density at radius 1 is 1.27 bits per heavy atom. The number of hydrogen-bond acceptors (Lipinski definition) is 5. The third-order valence-corrected chi connectivity index (χ3v) is 4.11. The monoisotopic (exact) mass is 315 g/mol. The van der Waals surface area contributed by atoms with Crippen molar-refractivity contribution in [2.45, 2.75) is 5.16 Å². The molecule has 0 unspecified atom stereocenters. The van der Waals surface area contributed by atoms with Crippen LogP contribution in [0.3, 0.4) is 0 Å². The van der Waals surface area contributed by atoms with Crippen LogP contribution in [-0.2, 0) is 11.8 Å². The molecule has 3 aromatic rings. The van der Waals surface area contributed by atoms with Gasteiger partial charge in [-0.15, -0.1) is 0 Å². The van der Waals surface area contributed by atoms with Crippen LogP contribution < -0.4 is 5.32 Å². The average Bonchev–Trinajstić information content (AvgIpc) is 3.14. The standard InChI is InChI=1S/C15H13N3O3S/c1-18-11-6-3-2-5-10(11)16-15(18)22-9-13(19)17-14(20)12-7-4-8-21-12/h2-8H,9H2,1H3,(H,17,19,20). The summed E-state index contributed by atoms with van der Waals surface area (Å²) in [6.07, 6.45) is 1.38. The number of aryl methyl sites for hydroxylation is 1. The van der Waals surface area contributed by atoms with Gasteiger partial charge < -0.3 is 8.98 Å². The largest absolute Gasteiger partial charge is 0.459 e. The molecule has 0 aliphatic rings. The summed E-state index contributed by atoms with van der Waals surface area (Å²) in [7, 11) is 1.89. The fraction of sp³-hybridized carbons (Fsp3) is 0.133. The number of furan rings is 1. The molecular weight excluding hydrogens is 302 g/mol. The van der Waals surface area contributed by atoms with Crippen LogP contribution >= 0.6 is 11.8 Å². The van der Waals surface area contributed by atoms with Crippen molar-refractivity contribution in [3.8, 4) is 0 Å². The highest BCUT2D eigenvalue weighted by atomic mass is 32.2. The summed E-state index contributed by atoms with van der Waals surface area (Å²) < 4.78 is 6.85. The molecule has 7 heteroatoms. The highest BCUT2D eigenvalue weighted by Gasteiger charge is 2.14. The Labute approximate surface area is 130 Å². The van der Waals surface area contributed by atoms with Crippen LogP contribution in [0.15, 0.2) is 52.2 Å². The fourth-order valence-electron chi connectivity index (χ4n) is 2.01. The second-order valence-electron chi connectivity index (χ2n) is 4.59. The van der Waals surface area contributed by atoms with E-state index in [0.717, 1.165) is 16.2 Å². The SMILES string of the molecule is Cn1c(SCC(=O)NC(=O)c2ccco2)nc2ccccc21. The van der Waals surface area contributed by atoms with Crippen LogP contribution in [0, 0.1) is 0 Å². The first-order valence-corrected chi connectivity index (χ1v) is 7.55. The first-order chi connectivity index (χ1) is 10.6. The quantitative estimate of drug-likeness (QED) is 0.747. The number of benzene rings is 1. The van der Waals surface area contributed by atoms with Gasteiger partial charge in [0, 0.05) is 7.05 Å². The molecule has 22 heavy (non-hydrogen) atoms. The Morgan fingerprint density at radius 3 is 2.82 bits per heavy atom. The van der Waals surface area contributed by atoms with Crippen LogP contribution in [0.4, 0.5) is 0 Å². The molecule has 1 N–H and O–H groups in total. The number of carbonyl (C=O) groups is 2. The number of fused-ring (bicyclic) bond motifs is 1. The molecule has 0 aliphatic heterocycles. The number of para-hydroxylation sites is 2. The molecule has 0 atom stereocenters. The predicted molar refractivity (Wildman–Crippen MR) is 82.6 cm³/mol. The highest BCUT2D eigenvalue weighted by Crippen LogP contribution is 2.22. The minimum atomic E-state index is -0.541. The second-order valence-corrected chi connectivity index (χ2v) is 5.53. The van der Waals surface area contributed by atoms with Gasteiger partial charge in [-0.25, -0.2) is 4.98 Å². The normalized spacial score (nSPS) is 10.8. The van der Waals surface area contributed by atoms with Gasteiger partial charge in [0.2, 0.25) is 5.91 Å². The van der Waals surface area contributed by atoms with E-state index in [1.807, 2.05) is 35.9 Å². The van der Waals surface area contributed by atoms with Crippen molar-refractivity contribution in [2.24, 2.45) is 7.05 Å². The first-order valence-electron chi connectivity index (χ1n) is 6.57. The third kappa shape index (κ3) is 2.89. The molecule has 2 amide bonds. The topological polar surface area (TPSA) is 77.1 Å². The van der Waals surface area contributed by atoms with Crippen molar-refractivity contribution in [1.82, 2.24) is 14.9 Å². The molecule has 0 bridgehead atoms. The maximum absolute atomic E-state index is 11.8. The number of amides is 2. The van der Waals surface area contributed by atoms with E-state index in [4.69, 9.17) is 4.42 Å². The summed E-state index contributed by atoms with van der Waals surface area (Å²) in [5, 5.41) is 3.00. The average molecular weight is 315 g/mol. The van der Waals surface area contributed by atoms with E-state index in [2.05, 4.69) is 10.3 Å². The van der Waals surface area contributed by atoms with Gasteiger partial charge in [-0.3, -0.25) is 14.9 Å². The van der Waals surface area contributed by atoms with Gasteiger partial charge >= 0.3 is 0 Å². The number of rotatable bonds is 4. The lowest BCUT2D eigenvalue weighted by molar-refractivity contribution is -0.117. The van der Waals surface area contributed by atoms with E-state index in [-0.39, 0.29) is 11.5 Å². The Balaban J connectivity index is 1.63. The van der Waals surface area contributed by atoms with Crippen LogP contribution in [0.2, 0.25) is 0 Å². The lowest BCUT2D eigenvalue weighted by Gasteiger charge is -2.03. The van der Waals surface area contributed by atoms with E-state index in [1.165, 1.54) is 24.1 Å². The van der Waals surface area contributed by atoms with Crippen molar-refractivity contribution in [3.63, 3.8) is 0 Å². The van der Waals surface area contributed by atoms with Crippen LogP contribution in [0.1, 0.15) is 10.6 Å². The first kappa shape index (κ1) is 14.4. The smallest absolute Gasteiger partial charge is 0.293 e. The Morgan fingerprint density at radius 2 is 2.09 bits per heavy atom. The molecule has 0 fully saturated rings. The lowest BCUT2D eigenvalue weighted by atomic mass is 10.3. The number of imide groups is 1. The number of carbonyl (C=O) groups excluding carboxylic acids is 2. The molecule has 3 rings (SSSR count). The van der Waals surface area contributed by atoms with E-state index >= 15 is 0 Å². The molecule has 0 aliphatic carbocycles. The molecule has 6 nitrogen and oxygen atoms in total. The highest BCUT2D eigenvalue weighted by molar-refractivity contribution is 7.99. The molecule has 0 saturated carbocycles. The van der Waals surface area contributed by atoms with Gasteiger partial charge in [-0.05, 0) is 24.3 Å². The van der Waals surface area contributed by atoms with Crippen molar-refractivity contribution in [2.75, 3.05) is 5.75 Å². The van der Waals surface area contributed by atoms with Gasteiger partial charge in [-0.1, -0.05) is 23.9 Å². The minimum absolute atomic E-state index is 0.101. The zero-order valence-electron chi connectivity index (χ0n) is 11.8. The van der Waals surface area contributed by atoms with E-state index < -0.39 is 11.8 Å². The number of hydrogen-bond donors (Lipinski definition) is 1. The molecule has 1 aromatic carbocycles. The maximum Gasteiger partial charge on any atom is 0.293 e. The van der Waals surface area contributed by atoms with Gasteiger partial charge in [-0.2, -0.15) is 0 Å². The summed E-state index contributed by atoms with van der Waals surface area (Å²) in [5.74, 6) is -0.719. The Kier molecular flexibility index (Phi) is 3.97. The number of aromatic nitrogens is 2. The predicted octanol–water partition coefficient (Wildman–Crippen LogP) is 2.21. The summed E-state index contributed by atoms with van der Waals surface area (Å²) in [5.41, 5.74) is 1.87. The molecule has 0 spiro atoms. The molecule has 112 valence electrons. The van der Waals surface area contributed by atoms with Crippen LogP contribution in [0.25, 0.3) is 11.0 Å². The summed E-state index contributed by atoms with van der Waals surface area (Å²) in [6.45, 7) is 0. The molecule has 2 aromatic heterocycles. The second kappa shape index (κ2) is 6.07. The number of thioether (sulfide) groups is 1. The number of imidazole rings is 1. The summed E-state index contributed by atoms with van der Waals surface area (Å²) in [6, 6.07) is 10.8.